The standard InChI is InChI=1S/C12H12Br2F3NO2/c1-11(6-13,7-14)18-10(19)8-2-4-9(5-3-8)20-12(15,16)17/h2-5H,6-7H2,1H3,(H,18,19). The molecule has 8 heteroatoms. The van der Waals surface area contributed by atoms with E-state index in [0.717, 1.165) is 12.1 Å². The molecule has 0 saturated carbocycles. The smallest absolute Gasteiger partial charge is 0.406 e. The molecule has 3 nitrogen and oxygen atoms in total. The molecule has 1 amide bonds. The van der Waals surface area contributed by atoms with Gasteiger partial charge in [-0.05, 0) is 31.2 Å². The minimum absolute atomic E-state index is 0.257. The van der Waals surface area contributed by atoms with Gasteiger partial charge in [0, 0.05) is 16.2 Å². The third-order valence-corrected chi connectivity index (χ3v) is 4.83. The molecule has 0 unspecified atom stereocenters. The fourth-order valence-corrected chi connectivity index (χ4v) is 2.47. The van der Waals surface area contributed by atoms with E-state index in [1.165, 1.54) is 12.1 Å². The van der Waals surface area contributed by atoms with E-state index < -0.39 is 11.9 Å². The zero-order valence-corrected chi connectivity index (χ0v) is 13.6. The number of carbonyl (C=O) groups excluding carboxylic acids is 1. The second-order valence-electron chi connectivity index (χ2n) is 4.35. The van der Waals surface area contributed by atoms with Gasteiger partial charge < -0.3 is 10.1 Å². The summed E-state index contributed by atoms with van der Waals surface area (Å²) in [6.45, 7) is 1.83. The summed E-state index contributed by atoms with van der Waals surface area (Å²) >= 11 is 6.58. The molecule has 0 aliphatic rings. The highest BCUT2D eigenvalue weighted by Crippen LogP contribution is 2.23. The van der Waals surface area contributed by atoms with Crippen molar-refractivity contribution in [2.75, 3.05) is 10.7 Å². The van der Waals surface area contributed by atoms with Crippen LogP contribution in [0.2, 0.25) is 0 Å². The van der Waals surface area contributed by atoms with Crippen molar-refractivity contribution in [1.29, 1.82) is 0 Å². The van der Waals surface area contributed by atoms with Crippen LogP contribution in [0.15, 0.2) is 24.3 Å². The highest BCUT2D eigenvalue weighted by Gasteiger charge is 2.31. The predicted molar refractivity (Wildman–Crippen MR) is 76.6 cm³/mol. The van der Waals surface area contributed by atoms with Crippen LogP contribution in [-0.4, -0.2) is 28.5 Å². The van der Waals surface area contributed by atoms with Gasteiger partial charge >= 0.3 is 6.36 Å². The number of ether oxygens (including phenoxy) is 1. The van der Waals surface area contributed by atoms with E-state index >= 15 is 0 Å². The van der Waals surface area contributed by atoms with Crippen LogP contribution < -0.4 is 10.1 Å². The van der Waals surface area contributed by atoms with Gasteiger partial charge in [-0.2, -0.15) is 0 Å². The highest BCUT2D eigenvalue weighted by molar-refractivity contribution is 9.09. The SMILES string of the molecule is CC(CBr)(CBr)NC(=O)c1ccc(OC(F)(F)F)cc1. The maximum Gasteiger partial charge on any atom is 0.573 e. The van der Waals surface area contributed by atoms with E-state index in [-0.39, 0.29) is 17.2 Å². The Hall–Kier alpha value is -0.760. The van der Waals surface area contributed by atoms with Crippen LogP contribution in [0.25, 0.3) is 0 Å². The molecule has 1 aromatic carbocycles. The second-order valence-corrected chi connectivity index (χ2v) is 5.48. The lowest BCUT2D eigenvalue weighted by Crippen LogP contribution is -2.48. The van der Waals surface area contributed by atoms with Crippen molar-refractivity contribution in [3.63, 3.8) is 0 Å². The van der Waals surface area contributed by atoms with Crippen molar-refractivity contribution in [1.82, 2.24) is 5.32 Å². The molecule has 1 rings (SSSR count). The van der Waals surface area contributed by atoms with Crippen molar-refractivity contribution < 1.29 is 22.7 Å². The molecule has 0 fully saturated rings. The fraction of sp³-hybridized carbons (Fsp3) is 0.417. The number of hydrogen-bond acceptors (Lipinski definition) is 2. The number of hydrogen-bond donors (Lipinski definition) is 1. The van der Waals surface area contributed by atoms with E-state index in [1.54, 1.807) is 0 Å². The number of rotatable bonds is 5. The zero-order valence-electron chi connectivity index (χ0n) is 10.4. The first kappa shape index (κ1) is 17.3. The summed E-state index contributed by atoms with van der Waals surface area (Å²) in [4.78, 5) is 12.0. The van der Waals surface area contributed by atoms with Crippen LogP contribution in [0.1, 0.15) is 17.3 Å². The third-order valence-electron chi connectivity index (χ3n) is 2.36. The Kier molecular flexibility index (Phi) is 5.88. The maximum atomic E-state index is 12.0. The Balaban J connectivity index is 2.76. The van der Waals surface area contributed by atoms with Gasteiger partial charge in [0.2, 0.25) is 0 Å². The first-order valence-electron chi connectivity index (χ1n) is 5.49. The van der Waals surface area contributed by atoms with E-state index in [9.17, 15) is 18.0 Å². The van der Waals surface area contributed by atoms with Crippen LogP contribution in [-0.2, 0) is 0 Å². The quantitative estimate of drug-likeness (QED) is 0.737. The van der Waals surface area contributed by atoms with Gasteiger partial charge in [-0.1, -0.05) is 31.9 Å². The lowest BCUT2D eigenvalue weighted by molar-refractivity contribution is -0.274. The summed E-state index contributed by atoms with van der Waals surface area (Å²) in [5.74, 6) is -0.734. The first-order chi connectivity index (χ1) is 9.19. The van der Waals surface area contributed by atoms with E-state index in [2.05, 4.69) is 41.9 Å². The number of alkyl halides is 5. The Morgan fingerprint density at radius 2 is 1.70 bits per heavy atom. The Bertz CT molecular complexity index is 459. The van der Waals surface area contributed by atoms with Gasteiger partial charge in [0.15, 0.2) is 0 Å². The number of amides is 1. The number of nitrogens with one attached hydrogen (secondary N) is 1. The monoisotopic (exact) mass is 417 g/mol. The highest BCUT2D eigenvalue weighted by atomic mass is 79.9. The number of carbonyl (C=O) groups is 1. The fourth-order valence-electron chi connectivity index (χ4n) is 1.26. The molecule has 0 aliphatic carbocycles. The molecule has 112 valence electrons. The third kappa shape index (κ3) is 5.32. The molecule has 0 radical (unpaired) electrons. The van der Waals surface area contributed by atoms with Gasteiger partial charge in [-0.25, -0.2) is 0 Å². The summed E-state index contributed by atoms with van der Waals surface area (Å²) < 4.78 is 39.7. The van der Waals surface area contributed by atoms with E-state index in [1.807, 2.05) is 6.92 Å². The first-order valence-corrected chi connectivity index (χ1v) is 7.74. The normalized spacial score (nSPS) is 12.1. The zero-order chi connectivity index (χ0) is 15.4. The summed E-state index contributed by atoms with van der Waals surface area (Å²) in [5, 5.41) is 3.85. The molecule has 0 spiro atoms. The lowest BCUT2D eigenvalue weighted by Gasteiger charge is -2.26. The molecule has 0 atom stereocenters. The predicted octanol–water partition coefficient (Wildman–Crippen LogP) is 3.86. The molecular weight excluding hydrogens is 407 g/mol. The summed E-state index contributed by atoms with van der Waals surface area (Å²) in [7, 11) is 0. The summed E-state index contributed by atoms with van der Waals surface area (Å²) in [6, 6.07) is 4.75. The topological polar surface area (TPSA) is 38.3 Å². The van der Waals surface area contributed by atoms with Gasteiger partial charge in [0.1, 0.15) is 5.75 Å². The Morgan fingerprint density at radius 1 is 1.20 bits per heavy atom. The second kappa shape index (κ2) is 6.80. The molecular formula is C12H12Br2F3NO2. The molecule has 1 N–H and O–H groups in total. The van der Waals surface area contributed by atoms with Gasteiger partial charge in [0.25, 0.3) is 5.91 Å². The Morgan fingerprint density at radius 3 is 2.10 bits per heavy atom. The van der Waals surface area contributed by atoms with E-state index in [4.69, 9.17) is 0 Å². The van der Waals surface area contributed by atoms with Crippen LogP contribution in [0, 0.1) is 0 Å². The van der Waals surface area contributed by atoms with Crippen molar-refractivity contribution in [3.05, 3.63) is 29.8 Å². The van der Waals surface area contributed by atoms with Gasteiger partial charge in [-0.15, -0.1) is 13.2 Å². The average molecular weight is 419 g/mol. The molecule has 0 aliphatic heterocycles. The van der Waals surface area contributed by atoms with Crippen LogP contribution in [0.3, 0.4) is 0 Å². The number of halogens is 5. The largest absolute Gasteiger partial charge is 0.573 e. The molecule has 0 bridgehead atoms. The van der Waals surface area contributed by atoms with Crippen LogP contribution >= 0.6 is 31.9 Å². The summed E-state index contributed by atoms with van der Waals surface area (Å²) in [6.07, 6.45) is -4.74. The lowest BCUT2D eigenvalue weighted by atomic mass is 10.1. The van der Waals surface area contributed by atoms with Crippen molar-refractivity contribution >= 4 is 37.8 Å². The number of benzene rings is 1. The van der Waals surface area contributed by atoms with Crippen molar-refractivity contribution in [3.8, 4) is 5.75 Å². The minimum Gasteiger partial charge on any atom is -0.406 e. The van der Waals surface area contributed by atoms with Gasteiger partial charge in [0.05, 0.1) is 5.54 Å². The van der Waals surface area contributed by atoms with E-state index in [0.29, 0.717) is 10.7 Å². The molecule has 20 heavy (non-hydrogen) atoms. The van der Waals surface area contributed by atoms with Crippen LogP contribution in [0.5, 0.6) is 5.75 Å². The Labute approximate surface area is 131 Å². The van der Waals surface area contributed by atoms with Crippen molar-refractivity contribution in [2.24, 2.45) is 0 Å². The summed E-state index contributed by atoms with van der Waals surface area (Å²) in [5.41, 5.74) is -0.231. The molecule has 0 aromatic heterocycles. The van der Waals surface area contributed by atoms with Gasteiger partial charge in [-0.3, -0.25) is 4.79 Å². The molecule has 0 saturated heterocycles. The average Bonchev–Trinajstić information content (AvgIpc) is 2.37. The molecule has 0 heterocycles. The minimum atomic E-state index is -4.74. The van der Waals surface area contributed by atoms with Crippen LogP contribution in [0.4, 0.5) is 13.2 Å². The molecule has 1 aromatic rings. The van der Waals surface area contributed by atoms with Crippen molar-refractivity contribution in [2.45, 2.75) is 18.8 Å². The maximum absolute atomic E-state index is 12.0.